The zero-order valence-electron chi connectivity index (χ0n) is 11.1. The Labute approximate surface area is 120 Å². The second-order valence-corrected chi connectivity index (χ2v) is 4.47. The maximum absolute atomic E-state index is 10.9. The van der Waals surface area contributed by atoms with Crippen LogP contribution < -0.4 is 4.74 Å². The molecular weight excluding hydrogens is 270 g/mol. The van der Waals surface area contributed by atoms with Crippen LogP contribution in [-0.4, -0.2) is 32.7 Å². The highest BCUT2D eigenvalue weighted by Crippen LogP contribution is 2.24. The van der Waals surface area contributed by atoms with Crippen molar-refractivity contribution in [2.24, 2.45) is 0 Å². The van der Waals surface area contributed by atoms with Crippen molar-refractivity contribution in [2.75, 3.05) is 6.61 Å². The van der Waals surface area contributed by atoms with E-state index in [1.54, 1.807) is 0 Å². The Kier molecular flexibility index (Phi) is 3.51. The number of carboxylic acids is 1. The predicted octanol–water partition coefficient (Wildman–Crippen LogP) is 2.21. The summed E-state index contributed by atoms with van der Waals surface area (Å²) in [6.45, 7) is 0.641. The fourth-order valence-electron chi connectivity index (χ4n) is 2.15. The lowest BCUT2D eigenvalue weighted by atomic mass is 10.1. The smallest absolute Gasteiger partial charge is 0.355 e. The van der Waals surface area contributed by atoms with Gasteiger partial charge in [0.1, 0.15) is 12.4 Å². The standard InChI is InChI=1S/C15H13N3O3/c19-15(20)13-10-16-17-18(13)8-9-21-14-7-3-5-11-4-1-2-6-12(11)14/h1-7,10H,8-9H2,(H,19,20). The highest BCUT2D eigenvalue weighted by molar-refractivity contribution is 5.88. The molecule has 0 amide bonds. The summed E-state index contributed by atoms with van der Waals surface area (Å²) in [5.74, 6) is -0.282. The Morgan fingerprint density at radius 2 is 2.00 bits per heavy atom. The van der Waals surface area contributed by atoms with Crippen molar-refractivity contribution in [1.82, 2.24) is 15.0 Å². The number of carbonyl (C=O) groups is 1. The van der Waals surface area contributed by atoms with Crippen molar-refractivity contribution in [3.63, 3.8) is 0 Å². The minimum Gasteiger partial charge on any atom is -0.491 e. The lowest BCUT2D eigenvalue weighted by Gasteiger charge is -2.09. The third-order valence-electron chi connectivity index (χ3n) is 3.15. The van der Waals surface area contributed by atoms with E-state index < -0.39 is 5.97 Å². The normalized spacial score (nSPS) is 10.7. The predicted molar refractivity (Wildman–Crippen MR) is 76.4 cm³/mol. The average Bonchev–Trinajstić information content (AvgIpc) is 2.96. The average molecular weight is 283 g/mol. The monoisotopic (exact) mass is 283 g/mol. The fourth-order valence-corrected chi connectivity index (χ4v) is 2.15. The van der Waals surface area contributed by atoms with Crippen LogP contribution in [0.1, 0.15) is 10.5 Å². The maximum Gasteiger partial charge on any atom is 0.355 e. The molecule has 0 unspecified atom stereocenters. The van der Waals surface area contributed by atoms with Crippen LogP contribution in [0.4, 0.5) is 0 Å². The third-order valence-corrected chi connectivity index (χ3v) is 3.15. The fraction of sp³-hybridized carbons (Fsp3) is 0.133. The van der Waals surface area contributed by atoms with Gasteiger partial charge in [0.15, 0.2) is 5.69 Å². The molecule has 1 aromatic heterocycles. The van der Waals surface area contributed by atoms with Crippen LogP contribution in [0, 0.1) is 0 Å². The molecule has 0 aliphatic rings. The molecule has 0 saturated heterocycles. The molecule has 0 bridgehead atoms. The number of benzene rings is 2. The van der Waals surface area contributed by atoms with Gasteiger partial charge in [-0.2, -0.15) is 0 Å². The van der Waals surface area contributed by atoms with Gasteiger partial charge >= 0.3 is 5.97 Å². The Bertz CT molecular complexity index is 777. The van der Waals surface area contributed by atoms with Gasteiger partial charge in [0.2, 0.25) is 0 Å². The molecule has 106 valence electrons. The summed E-state index contributed by atoms with van der Waals surface area (Å²) in [5, 5.41) is 18.4. The molecule has 3 rings (SSSR count). The zero-order valence-corrected chi connectivity index (χ0v) is 11.1. The third kappa shape index (κ3) is 2.69. The van der Waals surface area contributed by atoms with Crippen LogP contribution in [0.2, 0.25) is 0 Å². The Morgan fingerprint density at radius 3 is 2.86 bits per heavy atom. The highest BCUT2D eigenvalue weighted by atomic mass is 16.5. The molecule has 0 fully saturated rings. The van der Waals surface area contributed by atoms with E-state index in [0.29, 0.717) is 13.2 Å². The summed E-state index contributed by atoms with van der Waals surface area (Å²) >= 11 is 0. The molecule has 1 N–H and O–H groups in total. The van der Waals surface area contributed by atoms with Crippen LogP contribution in [0.5, 0.6) is 5.75 Å². The molecule has 21 heavy (non-hydrogen) atoms. The van der Waals surface area contributed by atoms with Gasteiger partial charge in [-0.05, 0) is 11.5 Å². The van der Waals surface area contributed by atoms with E-state index in [0.717, 1.165) is 16.5 Å². The zero-order chi connectivity index (χ0) is 14.7. The van der Waals surface area contributed by atoms with E-state index in [1.165, 1.54) is 10.9 Å². The van der Waals surface area contributed by atoms with E-state index >= 15 is 0 Å². The summed E-state index contributed by atoms with van der Waals surface area (Å²) in [7, 11) is 0. The Balaban J connectivity index is 1.72. The molecule has 0 aliphatic carbocycles. The van der Waals surface area contributed by atoms with Gasteiger partial charge in [0, 0.05) is 5.39 Å². The van der Waals surface area contributed by atoms with Gasteiger partial charge in [-0.15, -0.1) is 5.10 Å². The number of carboxylic acid groups (broad SMARTS) is 1. The number of hydrogen-bond acceptors (Lipinski definition) is 4. The highest BCUT2D eigenvalue weighted by Gasteiger charge is 2.11. The van der Waals surface area contributed by atoms with Crippen molar-refractivity contribution in [3.05, 3.63) is 54.4 Å². The first-order valence-electron chi connectivity index (χ1n) is 6.48. The van der Waals surface area contributed by atoms with Crippen molar-refractivity contribution in [3.8, 4) is 5.75 Å². The van der Waals surface area contributed by atoms with Gasteiger partial charge in [-0.3, -0.25) is 0 Å². The van der Waals surface area contributed by atoms with E-state index in [2.05, 4.69) is 10.3 Å². The molecule has 6 heteroatoms. The van der Waals surface area contributed by atoms with Gasteiger partial charge in [0.25, 0.3) is 0 Å². The summed E-state index contributed by atoms with van der Waals surface area (Å²) < 4.78 is 7.06. The first-order chi connectivity index (χ1) is 10.3. The SMILES string of the molecule is O=C(O)c1cnnn1CCOc1cccc2ccccc12. The van der Waals surface area contributed by atoms with E-state index in [4.69, 9.17) is 9.84 Å². The van der Waals surface area contributed by atoms with E-state index in [-0.39, 0.29) is 5.69 Å². The molecule has 6 nitrogen and oxygen atoms in total. The summed E-state index contributed by atoms with van der Waals surface area (Å²) in [5.41, 5.74) is 0.0523. The number of nitrogens with zero attached hydrogens (tertiary/aromatic N) is 3. The number of rotatable bonds is 5. The van der Waals surface area contributed by atoms with Crippen LogP contribution in [0.25, 0.3) is 10.8 Å². The molecule has 2 aromatic carbocycles. The van der Waals surface area contributed by atoms with Gasteiger partial charge in [-0.1, -0.05) is 41.6 Å². The lowest BCUT2D eigenvalue weighted by Crippen LogP contribution is -2.15. The van der Waals surface area contributed by atoms with Crippen molar-refractivity contribution in [2.45, 2.75) is 6.54 Å². The molecular formula is C15H13N3O3. The van der Waals surface area contributed by atoms with Gasteiger partial charge < -0.3 is 9.84 Å². The summed E-state index contributed by atoms with van der Waals surface area (Å²) in [6.07, 6.45) is 1.22. The summed E-state index contributed by atoms with van der Waals surface area (Å²) in [6, 6.07) is 13.8. The van der Waals surface area contributed by atoms with E-state index in [9.17, 15) is 4.79 Å². The second kappa shape index (κ2) is 5.62. The minimum absolute atomic E-state index is 0.0523. The van der Waals surface area contributed by atoms with E-state index in [1.807, 2.05) is 42.5 Å². The van der Waals surface area contributed by atoms with Crippen molar-refractivity contribution < 1.29 is 14.6 Å². The maximum atomic E-state index is 10.9. The number of aromatic carboxylic acids is 1. The molecule has 0 aliphatic heterocycles. The molecule has 0 radical (unpaired) electrons. The molecule has 0 atom stereocenters. The van der Waals surface area contributed by atoms with Gasteiger partial charge in [0.05, 0.1) is 12.7 Å². The Morgan fingerprint density at radius 1 is 1.19 bits per heavy atom. The topological polar surface area (TPSA) is 77.2 Å². The van der Waals surface area contributed by atoms with Crippen LogP contribution in [-0.2, 0) is 6.54 Å². The lowest BCUT2D eigenvalue weighted by molar-refractivity contribution is 0.0682. The number of ether oxygens (including phenoxy) is 1. The van der Waals surface area contributed by atoms with Crippen LogP contribution >= 0.6 is 0 Å². The van der Waals surface area contributed by atoms with Crippen LogP contribution in [0.15, 0.2) is 48.7 Å². The first kappa shape index (κ1) is 13.1. The molecule has 0 spiro atoms. The molecule has 0 saturated carbocycles. The van der Waals surface area contributed by atoms with Crippen molar-refractivity contribution >= 4 is 16.7 Å². The molecule has 1 heterocycles. The first-order valence-corrected chi connectivity index (χ1v) is 6.48. The van der Waals surface area contributed by atoms with Gasteiger partial charge in [-0.25, -0.2) is 9.48 Å². The second-order valence-electron chi connectivity index (χ2n) is 4.47. The minimum atomic E-state index is -1.05. The van der Waals surface area contributed by atoms with Crippen LogP contribution in [0.3, 0.4) is 0 Å². The number of fused-ring (bicyclic) bond motifs is 1. The molecule has 3 aromatic rings. The Hall–Kier alpha value is -2.89. The number of hydrogen-bond donors (Lipinski definition) is 1. The quantitative estimate of drug-likeness (QED) is 0.776. The number of aromatic nitrogens is 3. The van der Waals surface area contributed by atoms with Crippen molar-refractivity contribution in [1.29, 1.82) is 0 Å². The largest absolute Gasteiger partial charge is 0.491 e. The summed E-state index contributed by atoms with van der Waals surface area (Å²) in [4.78, 5) is 10.9.